The third-order valence-electron chi connectivity index (χ3n) is 5.54. The molecule has 0 bridgehead atoms. The van der Waals surface area contributed by atoms with Gasteiger partial charge in [0.25, 0.3) is 0 Å². The highest BCUT2D eigenvalue weighted by molar-refractivity contribution is 9.10. The Morgan fingerprint density at radius 3 is 2.43 bits per heavy atom. The zero-order valence-electron chi connectivity index (χ0n) is 13.2. The van der Waals surface area contributed by atoms with Gasteiger partial charge in [-0.1, -0.05) is 35.0 Å². The van der Waals surface area contributed by atoms with Crippen molar-refractivity contribution in [2.75, 3.05) is 26.2 Å². The van der Waals surface area contributed by atoms with Crippen LogP contribution in [0.4, 0.5) is 0 Å². The standard InChI is InChI=1S/C18H27BrN2/c1-15-5-7-18(8-6-15)21-11-9-20(10-12-21)14-16-3-2-4-17(19)13-16/h2-4,13,15,18H,5-12,14H2,1H3/p+2. The first kappa shape index (κ1) is 15.5. The van der Waals surface area contributed by atoms with Crippen LogP contribution in [-0.2, 0) is 6.54 Å². The minimum atomic E-state index is 0.966. The molecule has 0 aromatic heterocycles. The lowest BCUT2D eigenvalue weighted by Crippen LogP contribution is -3.29. The molecule has 3 heteroatoms. The highest BCUT2D eigenvalue weighted by Gasteiger charge is 2.31. The molecule has 116 valence electrons. The molecule has 0 unspecified atom stereocenters. The topological polar surface area (TPSA) is 8.88 Å². The second kappa shape index (κ2) is 7.26. The van der Waals surface area contributed by atoms with Crippen molar-refractivity contribution in [3.8, 4) is 0 Å². The summed E-state index contributed by atoms with van der Waals surface area (Å²) in [6.07, 6.45) is 5.86. The number of benzene rings is 1. The SMILES string of the molecule is CC1CCC([NH+]2CC[NH+](Cc3cccc(Br)c3)CC2)CC1. The van der Waals surface area contributed by atoms with Crippen molar-refractivity contribution in [1.82, 2.24) is 0 Å². The van der Waals surface area contributed by atoms with E-state index in [1.165, 1.54) is 68.4 Å². The van der Waals surface area contributed by atoms with Crippen LogP contribution in [0.3, 0.4) is 0 Å². The van der Waals surface area contributed by atoms with Crippen molar-refractivity contribution in [3.05, 3.63) is 34.3 Å². The molecule has 1 aliphatic heterocycles. The first-order valence-corrected chi connectivity index (χ1v) is 9.42. The quantitative estimate of drug-likeness (QED) is 0.811. The monoisotopic (exact) mass is 352 g/mol. The first-order valence-electron chi connectivity index (χ1n) is 8.63. The summed E-state index contributed by atoms with van der Waals surface area (Å²) in [7, 11) is 0. The second-order valence-corrected chi connectivity index (χ2v) is 8.09. The fraction of sp³-hybridized carbons (Fsp3) is 0.667. The Morgan fingerprint density at radius 1 is 1.05 bits per heavy atom. The zero-order chi connectivity index (χ0) is 14.7. The lowest BCUT2D eigenvalue weighted by atomic mass is 9.86. The number of piperazine rings is 1. The van der Waals surface area contributed by atoms with E-state index in [0.29, 0.717) is 0 Å². The summed E-state index contributed by atoms with van der Waals surface area (Å²) < 4.78 is 1.21. The molecular weight excluding hydrogens is 324 g/mol. The van der Waals surface area contributed by atoms with Crippen LogP contribution < -0.4 is 9.80 Å². The average Bonchev–Trinajstić information content (AvgIpc) is 2.49. The molecule has 1 aromatic rings. The van der Waals surface area contributed by atoms with E-state index < -0.39 is 0 Å². The predicted molar refractivity (Wildman–Crippen MR) is 90.7 cm³/mol. The van der Waals surface area contributed by atoms with E-state index in [-0.39, 0.29) is 0 Å². The van der Waals surface area contributed by atoms with E-state index in [1.807, 2.05) is 4.90 Å². The summed E-state index contributed by atoms with van der Waals surface area (Å²) in [5.74, 6) is 0.976. The molecule has 2 nitrogen and oxygen atoms in total. The Labute approximate surface area is 137 Å². The molecule has 1 aromatic carbocycles. The molecule has 1 saturated heterocycles. The van der Waals surface area contributed by atoms with Crippen molar-refractivity contribution >= 4 is 15.9 Å². The highest BCUT2D eigenvalue weighted by Crippen LogP contribution is 2.21. The van der Waals surface area contributed by atoms with Crippen molar-refractivity contribution in [1.29, 1.82) is 0 Å². The van der Waals surface area contributed by atoms with Crippen molar-refractivity contribution in [2.24, 2.45) is 5.92 Å². The van der Waals surface area contributed by atoms with Crippen LogP contribution in [0.2, 0.25) is 0 Å². The molecule has 21 heavy (non-hydrogen) atoms. The molecule has 0 atom stereocenters. The van der Waals surface area contributed by atoms with Crippen LogP contribution in [0.1, 0.15) is 38.2 Å². The van der Waals surface area contributed by atoms with E-state index in [0.717, 1.165) is 12.0 Å². The molecule has 0 radical (unpaired) electrons. The number of nitrogens with one attached hydrogen (secondary N) is 2. The summed E-state index contributed by atoms with van der Waals surface area (Å²) in [5.41, 5.74) is 1.47. The summed E-state index contributed by atoms with van der Waals surface area (Å²) in [4.78, 5) is 3.67. The lowest BCUT2D eigenvalue weighted by molar-refractivity contribution is -1.03. The third-order valence-corrected chi connectivity index (χ3v) is 6.03. The van der Waals surface area contributed by atoms with Crippen molar-refractivity contribution in [3.63, 3.8) is 0 Å². The fourth-order valence-electron chi connectivity index (χ4n) is 4.11. The van der Waals surface area contributed by atoms with Gasteiger partial charge in [0.15, 0.2) is 0 Å². The molecule has 1 saturated carbocycles. The Bertz CT molecular complexity index is 446. The third kappa shape index (κ3) is 4.30. The molecule has 3 rings (SSSR count). The number of rotatable bonds is 3. The van der Waals surface area contributed by atoms with Gasteiger partial charge in [-0.05, 0) is 43.7 Å². The maximum atomic E-state index is 3.58. The molecule has 2 N–H and O–H groups in total. The van der Waals surface area contributed by atoms with Crippen molar-refractivity contribution in [2.45, 2.75) is 45.2 Å². The molecule has 2 fully saturated rings. The summed E-state index contributed by atoms with van der Waals surface area (Å²) in [6, 6.07) is 9.77. The van der Waals surface area contributed by atoms with Crippen molar-refractivity contribution < 1.29 is 9.80 Å². The smallest absolute Gasteiger partial charge is 0.127 e. The largest absolute Gasteiger partial charge is 0.323 e. The Hall–Kier alpha value is -0.380. The predicted octanol–water partition coefficient (Wildman–Crippen LogP) is 1.31. The Balaban J connectivity index is 1.47. The van der Waals surface area contributed by atoms with Crippen LogP contribution in [0.25, 0.3) is 0 Å². The Kier molecular flexibility index (Phi) is 5.36. The van der Waals surface area contributed by atoms with Crippen LogP contribution in [-0.4, -0.2) is 32.2 Å². The van der Waals surface area contributed by atoms with Gasteiger partial charge in [0, 0.05) is 10.0 Å². The summed E-state index contributed by atoms with van der Waals surface area (Å²) >= 11 is 3.58. The van der Waals surface area contributed by atoms with Crippen LogP contribution in [0.5, 0.6) is 0 Å². The lowest BCUT2D eigenvalue weighted by Gasteiger charge is -2.37. The molecule has 0 spiro atoms. The molecule has 2 aliphatic rings. The molecule has 1 heterocycles. The fourth-order valence-corrected chi connectivity index (χ4v) is 4.56. The number of quaternary nitrogens is 2. The van der Waals surface area contributed by atoms with E-state index >= 15 is 0 Å². The molecule has 0 amide bonds. The highest BCUT2D eigenvalue weighted by atomic mass is 79.9. The average molecular weight is 353 g/mol. The van der Waals surface area contributed by atoms with Gasteiger partial charge in [-0.15, -0.1) is 0 Å². The van der Waals surface area contributed by atoms with Gasteiger partial charge in [0.05, 0.1) is 6.04 Å². The number of halogens is 1. The van der Waals surface area contributed by atoms with Gasteiger partial charge in [-0.2, -0.15) is 0 Å². The van der Waals surface area contributed by atoms with Gasteiger partial charge < -0.3 is 9.80 Å². The van der Waals surface area contributed by atoms with Gasteiger partial charge in [-0.3, -0.25) is 0 Å². The normalized spacial score (nSPS) is 33.8. The van der Waals surface area contributed by atoms with Gasteiger partial charge in [0.1, 0.15) is 32.7 Å². The number of hydrogen-bond donors (Lipinski definition) is 2. The summed E-state index contributed by atoms with van der Waals surface area (Å²) in [5, 5.41) is 0. The minimum Gasteiger partial charge on any atom is -0.323 e. The van der Waals surface area contributed by atoms with Gasteiger partial charge in [-0.25, -0.2) is 0 Å². The molecule has 1 aliphatic carbocycles. The molecular formula is C18H29BrN2+2. The van der Waals surface area contributed by atoms with E-state index in [9.17, 15) is 0 Å². The first-order chi connectivity index (χ1) is 10.2. The second-order valence-electron chi connectivity index (χ2n) is 7.17. The summed E-state index contributed by atoms with van der Waals surface area (Å²) in [6.45, 7) is 9.05. The van der Waals surface area contributed by atoms with Crippen LogP contribution >= 0.6 is 15.9 Å². The van der Waals surface area contributed by atoms with Gasteiger partial charge >= 0.3 is 0 Å². The zero-order valence-corrected chi connectivity index (χ0v) is 14.8. The number of hydrogen-bond acceptors (Lipinski definition) is 0. The van der Waals surface area contributed by atoms with Gasteiger partial charge in [0.2, 0.25) is 0 Å². The maximum Gasteiger partial charge on any atom is 0.127 e. The van der Waals surface area contributed by atoms with E-state index in [4.69, 9.17) is 0 Å². The van der Waals surface area contributed by atoms with E-state index in [1.54, 1.807) is 4.90 Å². The minimum absolute atomic E-state index is 0.966. The van der Waals surface area contributed by atoms with Crippen LogP contribution in [0.15, 0.2) is 28.7 Å². The maximum absolute atomic E-state index is 3.58. The van der Waals surface area contributed by atoms with Crippen LogP contribution in [0, 0.1) is 5.92 Å². The Morgan fingerprint density at radius 2 is 1.76 bits per heavy atom. The van der Waals surface area contributed by atoms with E-state index in [2.05, 4.69) is 47.1 Å².